The van der Waals surface area contributed by atoms with Gasteiger partial charge >= 0.3 is 0 Å². The van der Waals surface area contributed by atoms with Gasteiger partial charge in [-0.1, -0.05) is 17.7 Å². The molecule has 2 aliphatic heterocycles. The first-order chi connectivity index (χ1) is 12.8. The Bertz CT molecular complexity index is 736. The van der Waals surface area contributed by atoms with Crippen LogP contribution >= 0.6 is 0 Å². The van der Waals surface area contributed by atoms with Crippen molar-refractivity contribution in [1.29, 1.82) is 0 Å². The zero-order valence-corrected chi connectivity index (χ0v) is 16.5. The van der Waals surface area contributed by atoms with Crippen molar-refractivity contribution >= 4 is 17.7 Å². The zero-order chi connectivity index (χ0) is 19.6. The Morgan fingerprint density at radius 2 is 1.67 bits per heavy atom. The summed E-state index contributed by atoms with van der Waals surface area (Å²) in [6, 6.07) is 3.85. The van der Waals surface area contributed by atoms with E-state index in [1.807, 2.05) is 4.90 Å². The standard InChI is InChI=1S/C21H29N3O3/c1-14-11-15(2)17(16(3)12-14)13-20(26)23-7-4-8-24(10-9-23)21(27)18-5-6-19(25)22-18/h11-12,18H,4-10,13H2,1-3H3,(H,22,25). The van der Waals surface area contributed by atoms with Gasteiger partial charge in [-0.3, -0.25) is 14.4 Å². The second kappa shape index (κ2) is 8.11. The van der Waals surface area contributed by atoms with E-state index in [-0.39, 0.29) is 17.7 Å². The van der Waals surface area contributed by atoms with Crippen LogP contribution in [0.5, 0.6) is 0 Å². The van der Waals surface area contributed by atoms with Crippen LogP contribution in [0.4, 0.5) is 0 Å². The molecule has 0 saturated carbocycles. The van der Waals surface area contributed by atoms with Gasteiger partial charge in [0.15, 0.2) is 0 Å². The minimum atomic E-state index is -0.391. The molecule has 2 saturated heterocycles. The van der Waals surface area contributed by atoms with E-state index < -0.39 is 6.04 Å². The fraction of sp³-hybridized carbons (Fsp3) is 0.571. The summed E-state index contributed by atoms with van der Waals surface area (Å²) in [4.78, 5) is 40.5. The number of nitrogens with one attached hydrogen (secondary N) is 1. The number of carbonyl (C=O) groups is 3. The molecule has 0 radical (unpaired) electrons. The topological polar surface area (TPSA) is 69.7 Å². The average Bonchev–Trinajstić information content (AvgIpc) is 2.89. The Hall–Kier alpha value is -2.37. The van der Waals surface area contributed by atoms with E-state index in [0.717, 1.165) is 23.1 Å². The van der Waals surface area contributed by atoms with Crippen LogP contribution in [0.1, 0.15) is 41.5 Å². The van der Waals surface area contributed by atoms with Gasteiger partial charge in [-0.05, 0) is 50.3 Å². The fourth-order valence-corrected chi connectivity index (χ4v) is 4.16. The Labute approximate surface area is 160 Å². The Kier molecular flexibility index (Phi) is 5.82. The summed E-state index contributed by atoms with van der Waals surface area (Å²) in [5, 5.41) is 2.74. The second-order valence-corrected chi connectivity index (χ2v) is 7.77. The SMILES string of the molecule is Cc1cc(C)c(CC(=O)N2CCCN(C(=O)C3CCC(=O)N3)CC2)c(C)c1. The highest BCUT2D eigenvalue weighted by Gasteiger charge is 2.32. The maximum absolute atomic E-state index is 12.9. The number of benzene rings is 1. The Balaban J connectivity index is 1.60. The summed E-state index contributed by atoms with van der Waals surface area (Å²) < 4.78 is 0. The van der Waals surface area contributed by atoms with Crippen LogP contribution in [0.25, 0.3) is 0 Å². The predicted molar refractivity (Wildman–Crippen MR) is 103 cm³/mol. The van der Waals surface area contributed by atoms with Crippen molar-refractivity contribution in [3.63, 3.8) is 0 Å². The highest BCUT2D eigenvalue weighted by Crippen LogP contribution is 2.19. The lowest BCUT2D eigenvalue weighted by Gasteiger charge is -2.25. The third-order valence-electron chi connectivity index (χ3n) is 5.62. The van der Waals surface area contributed by atoms with Crippen LogP contribution < -0.4 is 5.32 Å². The summed E-state index contributed by atoms with van der Waals surface area (Å²) in [7, 11) is 0. The molecule has 2 aliphatic rings. The number of hydrogen-bond donors (Lipinski definition) is 1. The van der Waals surface area contributed by atoms with Crippen molar-refractivity contribution in [3.05, 3.63) is 34.4 Å². The van der Waals surface area contributed by atoms with Gasteiger partial charge < -0.3 is 15.1 Å². The van der Waals surface area contributed by atoms with E-state index in [2.05, 4.69) is 38.2 Å². The number of carbonyl (C=O) groups excluding carboxylic acids is 3. The molecule has 2 fully saturated rings. The van der Waals surface area contributed by atoms with Crippen LogP contribution in [0.3, 0.4) is 0 Å². The molecule has 27 heavy (non-hydrogen) atoms. The Morgan fingerprint density at radius 1 is 1.04 bits per heavy atom. The summed E-state index contributed by atoms with van der Waals surface area (Å²) in [5.74, 6) is 0.0534. The Morgan fingerprint density at radius 3 is 2.30 bits per heavy atom. The first kappa shape index (κ1) is 19.4. The smallest absolute Gasteiger partial charge is 0.245 e. The summed E-state index contributed by atoms with van der Waals surface area (Å²) in [6.07, 6.45) is 2.17. The molecule has 0 aliphatic carbocycles. The van der Waals surface area contributed by atoms with Gasteiger partial charge in [-0.2, -0.15) is 0 Å². The van der Waals surface area contributed by atoms with Gasteiger partial charge in [0.1, 0.15) is 6.04 Å². The van der Waals surface area contributed by atoms with Gasteiger partial charge in [0.2, 0.25) is 17.7 Å². The molecule has 0 spiro atoms. The van der Waals surface area contributed by atoms with Crippen LogP contribution in [0.2, 0.25) is 0 Å². The molecule has 1 N–H and O–H groups in total. The van der Waals surface area contributed by atoms with Crippen LogP contribution in [0.15, 0.2) is 12.1 Å². The van der Waals surface area contributed by atoms with E-state index in [0.29, 0.717) is 45.4 Å². The lowest BCUT2D eigenvalue weighted by atomic mass is 9.97. The molecular formula is C21H29N3O3. The van der Waals surface area contributed by atoms with E-state index in [1.165, 1.54) is 5.56 Å². The van der Waals surface area contributed by atoms with Gasteiger partial charge in [-0.25, -0.2) is 0 Å². The maximum Gasteiger partial charge on any atom is 0.245 e. The fourth-order valence-electron chi connectivity index (χ4n) is 4.16. The van der Waals surface area contributed by atoms with Gasteiger partial charge in [0.05, 0.1) is 6.42 Å². The van der Waals surface area contributed by atoms with Gasteiger partial charge in [0, 0.05) is 32.6 Å². The van der Waals surface area contributed by atoms with Crippen molar-refractivity contribution in [1.82, 2.24) is 15.1 Å². The number of rotatable bonds is 3. The molecule has 146 valence electrons. The second-order valence-electron chi connectivity index (χ2n) is 7.77. The van der Waals surface area contributed by atoms with E-state index in [4.69, 9.17) is 0 Å². The number of nitrogens with zero attached hydrogens (tertiary/aromatic N) is 2. The number of amides is 3. The van der Waals surface area contributed by atoms with Crippen LogP contribution in [-0.4, -0.2) is 59.7 Å². The minimum Gasteiger partial charge on any atom is -0.344 e. The third kappa shape index (κ3) is 4.49. The summed E-state index contributed by atoms with van der Waals surface area (Å²) in [6.45, 7) is 8.57. The molecule has 0 aromatic heterocycles. The lowest BCUT2D eigenvalue weighted by molar-refractivity contribution is -0.135. The molecule has 3 rings (SSSR count). The van der Waals surface area contributed by atoms with Crippen molar-refractivity contribution in [2.24, 2.45) is 0 Å². The monoisotopic (exact) mass is 371 g/mol. The summed E-state index contributed by atoms with van der Waals surface area (Å²) >= 11 is 0. The molecule has 0 bridgehead atoms. The van der Waals surface area contributed by atoms with Crippen molar-refractivity contribution in [3.8, 4) is 0 Å². The van der Waals surface area contributed by atoms with Crippen LogP contribution in [0, 0.1) is 20.8 Å². The molecule has 1 aromatic carbocycles. The first-order valence-electron chi connectivity index (χ1n) is 9.78. The molecular weight excluding hydrogens is 342 g/mol. The number of aryl methyl sites for hydroxylation is 3. The van der Waals surface area contributed by atoms with Crippen molar-refractivity contribution in [2.75, 3.05) is 26.2 Å². The zero-order valence-electron chi connectivity index (χ0n) is 16.5. The quantitative estimate of drug-likeness (QED) is 0.875. The maximum atomic E-state index is 12.9. The average molecular weight is 371 g/mol. The molecule has 6 heteroatoms. The first-order valence-corrected chi connectivity index (χ1v) is 9.78. The van der Waals surface area contributed by atoms with Crippen molar-refractivity contribution < 1.29 is 14.4 Å². The molecule has 3 amide bonds. The largest absolute Gasteiger partial charge is 0.344 e. The third-order valence-corrected chi connectivity index (χ3v) is 5.62. The minimum absolute atomic E-state index is 0.0135. The highest BCUT2D eigenvalue weighted by molar-refractivity contribution is 5.91. The van der Waals surface area contributed by atoms with E-state index in [1.54, 1.807) is 4.90 Å². The molecule has 6 nitrogen and oxygen atoms in total. The van der Waals surface area contributed by atoms with E-state index >= 15 is 0 Å². The lowest BCUT2D eigenvalue weighted by Crippen LogP contribution is -2.46. The molecule has 2 heterocycles. The number of hydrogen-bond acceptors (Lipinski definition) is 3. The van der Waals surface area contributed by atoms with Crippen LogP contribution in [-0.2, 0) is 20.8 Å². The molecule has 1 unspecified atom stereocenters. The van der Waals surface area contributed by atoms with Gasteiger partial charge in [0.25, 0.3) is 0 Å². The van der Waals surface area contributed by atoms with E-state index in [9.17, 15) is 14.4 Å². The normalized spacial score (nSPS) is 20.4. The highest BCUT2D eigenvalue weighted by atomic mass is 16.2. The molecule has 1 atom stereocenters. The van der Waals surface area contributed by atoms with Crippen molar-refractivity contribution in [2.45, 2.75) is 52.5 Å². The summed E-state index contributed by atoms with van der Waals surface area (Å²) in [5.41, 5.74) is 4.63. The van der Waals surface area contributed by atoms with Gasteiger partial charge in [-0.15, -0.1) is 0 Å². The predicted octanol–water partition coefficient (Wildman–Crippen LogP) is 1.49. The molecule has 1 aromatic rings.